The average molecular weight is 1330 g/mol. The first-order valence-corrected chi connectivity index (χ1v) is 30.5. The Morgan fingerprint density at radius 3 is 1.77 bits per heavy atom. The largest absolute Gasteiger partial charge is 0.509 e. The first-order chi connectivity index (χ1) is 42.2. The normalized spacial score (nSPS) is 12.5. The second-order valence-corrected chi connectivity index (χ2v) is 25.1. The number of para-hydroxylation sites is 4. The topological polar surface area (TPSA) is 46.7 Å². The Labute approximate surface area is 532 Å². The van der Waals surface area contributed by atoms with Gasteiger partial charge >= 0.3 is 0 Å². The van der Waals surface area contributed by atoms with Crippen molar-refractivity contribution < 1.29 is 30.2 Å². The molecule has 1 aliphatic rings. The molecule has 0 saturated heterocycles. The number of ether oxygens (including phenoxy) is 1. The smallest absolute Gasteiger partial charge is 0.135 e. The number of pyridine rings is 1. The van der Waals surface area contributed by atoms with Crippen LogP contribution >= 0.6 is 0 Å². The molecule has 1 aliphatic heterocycles. The fraction of sp³-hybridized carbons (Fsp3) is 0.160. The third kappa shape index (κ3) is 10.6. The van der Waals surface area contributed by atoms with Crippen molar-refractivity contribution in [2.24, 2.45) is 0 Å². The number of rotatable bonds is 13. The van der Waals surface area contributed by atoms with Crippen LogP contribution in [0.1, 0.15) is 102 Å². The van der Waals surface area contributed by atoms with Gasteiger partial charge in [-0.05, 0) is 133 Å². The zero-order chi connectivity index (χ0) is 59.7. The molecule has 0 aliphatic carbocycles. The molecule has 0 bridgehead atoms. The number of hydrogen-bond acceptors (Lipinski definition) is 5. The molecule has 13 aromatic rings. The molecule has 0 unspecified atom stereocenters. The van der Waals surface area contributed by atoms with Crippen LogP contribution in [0.5, 0.6) is 11.5 Å². The van der Waals surface area contributed by atoms with Gasteiger partial charge in [0.1, 0.15) is 17.0 Å². The van der Waals surface area contributed by atoms with Gasteiger partial charge < -0.3 is 23.5 Å². The van der Waals surface area contributed by atoms with Gasteiger partial charge in [-0.3, -0.25) is 0 Å². The molecule has 0 saturated carbocycles. The SMILES string of the molecule is CC(C)c1cc(C(C)C)c(-c2cc(Oc3[c-]c4c(cc3)c3oc5ccccc5c3n4-c3ccccn3)[c-]c(N3[CH-]N(c4c(-c5cccc(-c6ccccc6)c5)cccc4-c4cc(-c5ccccc5)cc(C(C)(C)C)c4)c4ccccc43)c2)c(C(C)C)c1.[Pt]. The average Bonchev–Trinajstić information content (AvgIpc) is 1.76. The third-order valence-electron chi connectivity index (χ3n) is 17.2. The van der Waals surface area contributed by atoms with Gasteiger partial charge in [-0.15, -0.1) is 48.3 Å². The van der Waals surface area contributed by atoms with Gasteiger partial charge in [0.05, 0.1) is 5.52 Å². The number of aromatic nitrogens is 2. The minimum absolute atomic E-state index is 0. The Balaban J connectivity index is 0.00000714. The molecule has 0 amide bonds. The molecule has 4 heterocycles. The van der Waals surface area contributed by atoms with Crippen LogP contribution in [-0.4, -0.2) is 9.55 Å². The maximum atomic E-state index is 7.22. The minimum atomic E-state index is -0.126. The van der Waals surface area contributed by atoms with E-state index in [2.05, 4.69) is 277 Å². The van der Waals surface area contributed by atoms with E-state index in [1.807, 2.05) is 48.7 Å². The summed E-state index contributed by atoms with van der Waals surface area (Å²) in [4.78, 5) is 9.58. The van der Waals surface area contributed by atoms with Gasteiger partial charge in [0.2, 0.25) is 0 Å². The monoisotopic (exact) mass is 1320 g/mol. The molecule has 0 spiro atoms. The second kappa shape index (κ2) is 23.5. The second-order valence-electron chi connectivity index (χ2n) is 25.1. The fourth-order valence-electron chi connectivity index (χ4n) is 12.7. The van der Waals surface area contributed by atoms with Crippen LogP contribution in [0.25, 0.3) is 94.4 Å². The maximum Gasteiger partial charge on any atom is 0.135 e. The summed E-state index contributed by atoms with van der Waals surface area (Å²) in [5.41, 5.74) is 23.8. The minimum Gasteiger partial charge on any atom is -0.509 e. The van der Waals surface area contributed by atoms with E-state index in [1.165, 1.54) is 44.5 Å². The van der Waals surface area contributed by atoms with E-state index in [0.717, 1.165) is 94.9 Å². The van der Waals surface area contributed by atoms with Crippen molar-refractivity contribution in [3.8, 4) is 73.0 Å². The summed E-state index contributed by atoms with van der Waals surface area (Å²) in [5.74, 6) is 2.71. The summed E-state index contributed by atoms with van der Waals surface area (Å²) in [6.07, 6.45) is 1.83. The van der Waals surface area contributed by atoms with Gasteiger partial charge in [0.25, 0.3) is 0 Å². The number of anilines is 4. The Kier molecular flexibility index (Phi) is 15.4. The molecule has 0 atom stereocenters. The molecular weight excluding hydrogens is 1260 g/mol. The fourth-order valence-corrected chi connectivity index (χ4v) is 12.7. The Bertz CT molecular complexity index is 4700. The summed E-state index contributed by atoms with van der Waals surface area (Å²) in [6, 6.07) is 88.4. The number of nitrogens with zero attached hydrogens (tertiary/aromatic N) is 4. The van der Waals surface area contributed by atoms with Crippen molar-refractivity contribution in [1.29, 1.82) is 0 Å². The third-order valence-corrected chi connectivity index (χ3v) is 17.2. The van der Waals surface area contributed by atoms with Crippen LogP contribution < -0.4 is 14.5 Å². The molecule has 3 aromatic heterocycles. The summed E-state index contributed by atoms with van der Waals surface area (Å²) in [5, 5.41) is 1.92. The van der Waals surface area contributed by atoms with Crippen LogP contribution in [0, 0.1) is 18.8 Å². The molecule has 0 fully saturated rings. The zero-order valence-electron chi connectivity index (χ0n) is 51.2. The van der Waals surface area contributed by atoms with Crippen LogP contribution in [0.4, 0.5) is 22.7 Å². The maximum absolute atomic E-state index is 7.22. The van der Waals surface area contributed by atoms with Crippen molar-refractivity contribution in [2.45, 2.75) is 85.5 Å². The van der Waals surface area contributed by atoms with E-state index < -0.39 is 0 Å². The number of furan rings is 1. The molecule has 438 valence electrons. The molecule has 7 heteroatoms. The van der Waals surface area contributed by atoms with Gasteiger partial charge in [-0.2, -0.15) is 6.07 Å². The summed E-state index contributed by atoms with van der Waals surface area (Å²) in [6.45, 7) is 23.0. The number of fused-ring (bicyclic) bond motifs is 6. The molecule has 6 nitrogen and oxygen atoms in total. The van der Waals surface area contributed by atoms with Crippen molar-refractivity contribution in [3.05, 3.63) is 272 Å². The predicted octanol–water partition coefficient (Wildman–Crippen LogP) is 22.7. The Morgan fingerprint density at radius 1 is 0.489 bits per heavy atom. The Morgan fingerprint density at radius 2 is 1.09 bits per heavy atom. The quantitative estimate of drug-likeness (QED) is 0.108. The van der Waals surface area contributed by atoms with Gasteiger partial charge in [-0.25, -0.2) is 4.98 Å². The Hall–Kier alpha value is -9.22. The van der Waals surface area contributed by atoms with Crippen molar-refractivity contribution in [3.63, 3.8) is 0 Å². The van der Waals surface area contributed by atoms with Crippen molar-refractivity contribution in [2.75, 3.05) is 9.80 Å². The van der Waals surface area contributed by atoms with Crippen LogP contribution in [-0.2, 0) is 26.5 Å². The molecular formula is C81H69N4O2Pt-3. The van der Waals surface area contributed by atoms with Crippen LogP contribution in [0.3, 0.4) is 0 Å². The van der Waals surface area contributed by atoms with E-state index in [-0.39, 0.29) is 38.3 Å². The summed E-state index contributed by atoms with van der Waals surface area (Å²) < 4.78 is 16.0. The molecule has 88 heavy (non-hydrogen) atoms. The van der Waals surface area contributed by atoms with E-state index in [4.69, 9.17) is 14.1 Å². The molecule has 0 N–H and O–H groups in total. The molecule has 14 rings (SSSR count). The molecule has 0 radical (unpaired) electrons. The van der Waals surface area contributed by atoms with E-state index >= 15 is 0 Å². The number of benzene rings is 10. The van der Waals surface area contributed by atoms with Gasteiger partial charge in [0.15, 0.2) is 0 Å². The van der Waals surface area contributed by atoms with E-state index in [0.29, 0.717) is 17.4 Å². The number of hydrogen-bond donors (Lipinski definition) is 0. The van der Waals surface area contributed by atoms with E-state index in [9.17, 15) is 0 Å². The van der Waals surface area contributed by atoms with Gasteiger partial charge in [0, 0.05) is 72.3 Å². The predicted molar refractivity (Wildman–Crippen MR) is 362 cm³/mol. The standard InChI is InChI=1S/C81H69N4O2.Pt/c1-51(2)58-46-70(52(3)4)77(71(47-58)53(5)6)61-44-63(48-65(45-61)86-64-37-38-68-74(49-64)85(76-36-20-21-39-82-76)79-69-30-16-19-35-75(69)87-80(68)79)83-50-84(73-34-18-17-33-72(73)83)78-66(57-29-22-28-56(40-57)54-24-12-10-13-25-54)31-23-32-67(78)60-41-59(55-26-14-11-15-27-55)42-62(43-60)81(7,8)9;/h10-47,50-53H,1-9H3;/q-3;. The van der Waals surface area contributed by atoms with Crippen LogP contribution in [0.2, 0.25) is 0 Å². The summed E-state index contributed by atoms with van der Waals surface area (Å²) in [7, 11) is 0. The zero-order valence-corrected chi connectivity index (χ0v) is 53.4. The first kappa shape index (κ1) is 57.8. The van der Waals surface area contributed by atoms with Gasteiger partial charge in [-0.1, -0.05) is 225 Å². The summed E-state index contributed by atoms with van der Waals surface area (Å²) >= 11 is 0. The van der Waals surface area contributed by atoms with Crippen molar-refractivity contribution in [1.82, 2.24) is 9.55 Å². The van der Waals surface area contributed by atoms with Crippen LogP contribution in [0.15, 0.2) is 235 Å². The van der Waals surface area contributed by atoms with E-state index in [1.54, 1.807) is 0 Å². The van der Waals surface area contributed by atoms with Crippen molar-refractivity contribution >= 4 is 55.7 Å². The molecule has 10 aromatic carbocycles. The first-order valence-electron chi connectivity index (χ1n) is 30.5.